The Morgan fingerprint density at radius 2 is 1.64 bits per heavy atom. The molecule has 0 spiro atoms. The molecule has 3 rings (SSSR count). The molecule has 0 aliphatic rings. The average Bonchev–Trinajstić information content (AvgIpc) is 2.97. The van der Waals surface area contributed by atoms with Gasteiger partial charge in [0.05, 0.1) is 14.2 Å². The largest absolute Gasteiger partial charge is 0.493 e. The number of nitrogens with zero attached hydrogens (tertiary/aromatic N) is 1. The summed E-state index contributed by atoms with van der Waals surface area (Å²) in [5.74, 6) is 1.95. The molecule has 0 unspecified atom stereocenters. The molecule has 0 aliphatic heterocycles. The Kier molecular flexibility index (Phi) is 4.06. The number of oxazole rings is 1. The number of thiol groups is 1. The van der Waals surface area contributed by atoms with E-state index in [1.165, 1.54) is 0 Å². The van der Waals surface area contributed by atoms with E-state index in [0.29, 0.717) is 22.5 Å². The van der Waals surface area contributed by atoms with Gasteiger partial charge in [0.25, 0.3) is 5.22 Å². The van der Waals surface area contributed by atoms with E-state index < -0.39 is 0 Å². The predicted molar refractivity (Wildman–Crippen MR) is 87.7 cm³/mol. The van der Waals surface area contributed by atoms with Crippen LogP contribution in [0.5, 0.6) is 11.5 Å². The van der Waals surface area contributed by atoms with Gasteiger partial charge >= 0.3 is 0 Å². The minimum absolute atomic E-state index is 0.323. The zero-order chi connectivity index (χ0) is 15.5. The Morgan fingerprint density at radius 3 is 2.32 bits per heavy atom. The first kappa shape index (κ1) is 14.5. The summed E-state index contributed by atoms with van der Waals surface area (Å²) in [7, 11) is 3.21. The Bertz CT molecular complexity index is 784. The molecule has 0 amide bonds. The summed E-state index contributed by atoms with van der Waals surface area (Å²) in [4.78, 5) is 4.38. The van der Waals surface area contributed by atoms with Gasteiger partial charge in [0.15, 0.2) is 17.3 Å². The fraction of sp³-hybridized carbons (Fsp3) is 0.118. The van der Waals surface area contributed by atoms with Crippen molar-refractivity contribution in [3.63, 3.8) is 0 Å². The van der Waals surface area contributed by atoms with Crippen LogP contribution in [0, 0.1) is 0 Å². The minimum Gasteiger partial charge on any atom is -0.493 e. The fourth-order valence-corrected chi connectivity index (χ4v) is 2.46. The molecule has 5 heteroatoms. The Labute approximate surface area is 134 Å². The van der Waals surface area contributed by atoms with E-state index in [1.807, 2.05) is 48.5 Å². The highest BCUT2D eigenvalue weighted by Crippen LogP contribution is 2.37. The molecule has 4 nitrogen and oxygen atoms in total. The van der Waals surface area contributed by atoms with E-state index in [0.717, 1.165) is 16.8 Å². The highest BCUT2D eigenvalue weighted by Gasteiger charge is 2.17. The summed E-state index contributed by atoms with van der Waals surface area (Å²) in [6.07, 6.45) is 0. The third-order valence-electron chi connectivity index (χ3n) is 3.31. The summed E-state index contributed by atoms with van der Waals surface area (Å²) in [6, 6.07) is 15.4. The van der Waals surface area contributed by atoms with Crippen LogP contribution < -0.4 is 9.47 Å². The maximum atomic E-state index is 5.68. The van der Waals surface area contributed by atoms with E-state index in [2.05, 4.69) is 17.6 Å². The van der Waals surface area contributed by atoms with Crippen molar-refractivity contribution in [3.8, 4) is 34.1 Å². The zero-order valence-corrected chi connectivity index (χ0v) is 13.1. The molecule has 2 aromatic carbocycles. The second-order valence-corrected chi connectivity index (χ2v) is 4.99. The lowest BCUT2D eigenvalue weighted by Crippen LogP contribution is -1.91. The van der Waals surface area contributed by atoms with E-state index >= 15 is 0 Å². The summed E-state index contributed by atoms with van der Waals surface area (Å²) in [6.45, 7) is 0. The zero-order valence-electron chi connectivity index (χ0n) is 12.2. The van der Waals surface area contributed by atoms with Gasteiger partial charge in [-0.1, -0.05) is 43.0 Å². The fourth-order valence-electron chi connectivity index (χ4n) is 2.27. The molecular formula is C17H15NO3S. The molecule has 3 aromatic rings. The second kappa shape index (κ2) is 6.15. The lowest BCUT2D eigenvalue weighted by atomic mass is 10.1. The predicted octanol–water partition coefficient (Wildman–Crippen LogP) is 4.31. The Morgan fingerprint density at radius 1 is 0.909 bits per heavy atom. The van der Waals surface area contributed by atoms with Gasteiger partial charge in [-0.2, -0.15) is 0 Å². The van der Waals surface area contributed by atoms with Gasteiger partial charge < -0.3 is 13.9 Å². The van der Waals surface area contributed by atoms with Gasteiger partial charge in [-0.3, -0.25) is 0 Å². The van der Waals surface area contributed by atoms with Crippen LogP contribution in [0.15, 0.2) is 58.2 Å². The van der Waals surface area contributed by atoms with Crippen molar-refractivity contribution in [2.24, 2.45) is 0 Å². The van der Waals surface area contributed by atoms with Crippen LogP contribution in [0.4, 0.5) is 0 Å². The average molecular weight is 313 g/mol. The monoisotopic (exact) mass is 313 g/mol. The maximum absolute atomic E-state index is 5.68. The number of methoxy groups -OCH3 is 2. The van der Waals surface area contributed by atoms with Crippen molar-refractivity contribution >= 4 is 12.6 Å². The number of rotatable bonds is 4. The van der Waals surface area contributed by atoms with Crippen LogP contribution in [0.25, 0.3) is 22.6 Å². The van der Waals surface area contributed by atoms with Gasteiger partial charge in [0.1, 0.15) is 5.69 Å². The molecule has 0 saturated heterocycles. The summed E-state index contributed by atoms with van der Waals surface area (Å²) < 4.78 is 16.3. The first-order valence-corrected chi connectivity index (χ1v) is 7.15. The number of hydrogen-bond acceptors (Lipinski definition) is 5. The molecule has 112 valence electrons. The number of hydrogen-bond donors (Lipinski definition) is 1. The Hall–Kier alpha value is -2.40. The third-order valence-corrected chi connectivity index (χ3v) is 3.50. The van der Waals surface area contributed by atoms with E-state index in [9.17, 15) is 0 Å². The lowest BCUT2D eigenvalue weighted by Gasteiger charge is -2.09. The van der Waals surface area contributed by atoms with Gasteiger partial charge in [-0.05, 0) is 18.2 Å². The first-order valence-electron chi connectivity index (χ1n) is 6.70. The van der Waals surface area contributed by atoms with Crippen molar-refractivity contribution in [1.29, 1.82) is 0 Å². The van der Waals surface area contributed by atoms with Gasteiger partial charge in [0.2, 0.25) is 0 Å². The van der Waals surface area contributed by atoms with Crippen LogP contribution in [0.1, 0.15) is 0 Å². The van der Waals surface area contributed by atoms with Gasteiger partial charge in [-0.25, -0.2) is 4.98 Å². The number of benzene rings is 2. The standard InChI is InChI=1S/C17H15NO3S/c1-19-13-9-8-12(10-14(13)20-2)16-15(18-17(22)21-16)11-6-4-3-5-7-11/h3-10H,1-2H3,(H,18,22). The topological polar surface area (TPSA) is 44.5 Å². The molecular weight excluding hydrogens is 298 g/mol. The van der Waals surface area contributed by atoms with Crippen molar-refractivity contribution in [2.75, 3.05) is 14.2 Å². The van der Waals surface area contributed by atoms with Gasteiger partial charge in [-0.15, -0.1) is 0 Å². The molecule has 22 heavy (non-hydrogen) atoms. The lowest BCUT2D eigenvalue weighted by molar-refractivity contribution is 0.355. The molecule has 0 saturated carbocycles. The van der Waals surface area contributed by atoms with E-state index in [4.69, 9.17) is 13.9 Å². The van der Waals surface area contributed by atoms with E-state index in [-0.39, 0.29) is 0 Å². The van der Waals surface area contributed by atoms with E-state index in [1.54, 1.807) is 14.2 Å². The number of ether oxygens (including phenoxy) is 2. The molecule has 0 bridgehead atoms. The molecule has 0 atom stereocenters. The van der Waals surface area contributed by atoms with Gasteiger partial charge in [0, 0.05) is 11.1 Å². The Balaban J connectivity index is 2.13. The second-order valence-electron chi connectivity index (χ2n) is 4.61. The maximum Gasteiger partial charge on any atom is 0.253 e. The molecule has 1 aromatic heterocycles. The van der Waals surface area contributed by atoms with Crippen molar-refractivity contribution in [1.82, 2.24) is 4.98 Å². The minimum atomic E-state index is 0.323. The normalized spacial score (nSPS) is 10.5. The van der Waals surface area contributed by atoms with Crippen molar-refractivity contribution < 1.29 is 13.9 Å². The van der Waals surface area contributed by atoms with Crippen LogP contribution in [-0.4, -0.2) is 19.2 Å². The van der Waals surface area contributed by atoms with Crippen LogP contribution in [0.3, 0.4) is 0 Å². The SMILES string of the molecule is COc1ccc(-c2oc(S)nc2-c2ccccc2)cc1OC. The molecule has 0 N–H and O–H groups in total. The van der Waals surface area contributed by atoms with Crippen molar-refractivity contribution in [3.05, 3.63) is 48.5 Å². The molecule has 0 fully saturated rings. The highest BCUT2D eigenvalue weighted by molar-refractivity contribution is 7.80. The third kappa shape index (κ3) is 2.67. The quantitative estimate of drug-likeness (QED) is 0.729. The molecule has 1 heterocycles. The van der Waals surface area contributed by atoms with Crippen LogP contribution in [0.2, 0.25) is 0 Å². The molecule has 0 aliphatic carbocycles. The van der Waals surface area contributed by atoms with Crippen LogP contribution >= 0.6 is 12.6 Å². The summed E-state index contributed by atoms with van der Waals surface area (Å²) >= 11 is 4.23. The smallest absolute Gasteiger partial charge is 0.253 e. The molecule has 0 radical (unpaired) electrons. The number of aromatic nitrogens is 1. The van der Waals surface area contributed by atoms with Crippen LogP contribution in [-0.2, 0) is 0 Å². The summed E-state index contributed by atoms with van der Waals surface area (Å²) in [5.41, 5.74) is 2.57. The summed E-state index contributed by atoms with van der Waals surface area (Å²) in [5, 5.41) is 0.323. The first-order chi connectivity index (χ1) is 10.7. The van der Waals surface area contributed by atoms with Crippen molar-refractivity contribution in [2.45, 2.75) is 5.22 Å². The highest BCUT2D eigenvalue weighted by atomic mass is 32.1.